The fourth-order valence-corrected chi connectivity index (χ4v) is 0.971. The van der Waals surface area contributed by atoms with Crippen LogP contribution < -0.4 is 0 Å². The van der Waals surface area contributed by atoms with Gasteiger partial charge in [0.05, 0.1) is 6.26 Å². The van der Waals surface area contributed by atoms with Crippen LogP contribution in [-0.4, -0.2) is 20.2 Å². The Bertz CT molecular complexity index is 246. The predicted molar refractivity (Wildman–Crippen MR) is 36.6 cm³/mol. The van der Waals surface area contributed by atoms with Crippen LogP contribution in [-0.2, 0) is 0 Å². The Morgan fingerprint density at radius 2 is 2.09 bits per heavy atom. The Labute approximate surface area is 62.5 Å². The highest BCUT2D eigenvalue weighted by Crippen LogP contribution is 2.47. The maximum atomic E-state index is 10.7. The summed E-state index contributed by atoms with van der Waals surface area (Å²) in [6, 6.07) is 2.64. The van der Waals surface area contributed by atoms with Gasteiger partial charge in [0, 0.05) is 0 Å². The molecule has 1 heterocycles. The average molecular weight is 177 g/mol. The molecule has 1 aromatic rings. The summed E-state index contributed by atoms with van der Waals surface area (Å²) in [5, 5.41) is 0. The molecular formula is C5H6O5P+. The zero-order valence-electron chi connectivity index (χ0n) is 5.34. The first kappa shape index (κ1) is 8.36. The molecule has 0 saturated heterocycles. The van der Waals surface area contributed by atoms with Crippen molar-refractivity contribution in [1.82, 2.24) is 0 Å². The molecule has 0 fully saturated rings. The molecule has 60 valence electrons. The summed E-state index contributed by atoms with van der Waals surface area (Å²) in [5.74, 6) is -0.258. The van der Waals surface area contributed by atoms with Crippen molar-refractivity contribution in [2.75, 3.05) is 0 Å². The Hall–Kier alpha value is -0.740. The van der Waals surface area contributed by atoms with Crippen LogP contribution in [0.3, 0.4) is 0 Å². The van der Waals surface area contributed by atoms with Crippen molar-refractivity contribution in [1.29, 1.82) is 0 Å². The van der Waals surface area contributed by atoms with Crippen molar-refractivity contribution < 1.29 is 23.9 Å². The third-order valence-electron chi connectivity index (χ3n) is 1.00. The molecule has 0 aliphatic carbocycles. The average Bonchev–Trinajstić information content (AvgIpc) is 2.34. The lowest BCUT2D eigenvalue weighted by atomic mass is 10.5. The fraction of sp³-hybridized carbons (Fsp3) is 0. The van der Waals surface area contributed by atoms with E-state index in [9.17, 15) is 4.79 Å². The first-order chi connectivity index (χ1) is 5.02. The van der Waals surface area contributed by atoms with Crippen molar-refractivity contribution in [2.45, 2.75) is 0 Å². The molecule has 0 radical (unpaired) electrons. The second kappa shape index (κ2) is 2.71. The minimum Gasteiger partial charge on any atom is -0.457 e. The molecular weight excluding hydrogens is 171 g/mol. The smallest absolute Gasteiger partial charge is 0.457 e. The van der Waals surface area contributed by atoms with E-state index in [1.54, 1.807) is 0 Å². The van der Waals surface area contributed by atoms with Gasteiger partial charge in [-0.3, -0.25) is 0 Å². The number of furan rings is 1. The van der Waals surface area contributed by atoms with Crippen LogP contribution in [0.15, 0.2) is 22.8 Å². The lowest BCUT2D eigenvalue weighted by molar-refractivity contribution is 0.0995. The Morgan fingerprint density at radius 3 is 2.45 bits per heavy atom. The molecule has 0 bridgehead atoms. The van der Waals surface area contributed by atoms with Gasteiger partial charge in [0.25, 0.3) is 0 Å². The van der Waals surface area contributed by atoms with Crippen molar-refractivity contribution in [3.8, 4) is 0 Å². The third kappa shape index (κ3) is 1.85. The minimum absolute atomic E-state index is 0.258. The van der Waals surface area contributed by atoms with Crippen LogP contribution in [0.5, 0.6) is 0 Å². The number of carbonyl (C=O) groups excluding carboxylic acids is 1. The molecule has 0 saturated carbocycles. The second-order valence-electron chi connectivity index (χ2n) is 1.85. The van der Waals surface area contributed by atoms with E-state index in [1.807, 2.05) is 0 Å². The van der Waals surface area contributed by atoms with Crippen LogP contribution in [0.1, 0.15) is 10.6 Å². The molecule has 1 aromatic heterocycles. The van der Waals surface area contributed by atoms with Crippen molar-refractivity contribution in [2.24, 2.45) is 0 Å². The van der Waals surface area contributed by atoms with E-state index in [-0.39, 0.29) is 5.76 Å². The van der Waals surface area contributed by atoms with Gasteiger partial charge in [0.1, 0.15) is 0 Å². The van der Waals surface area contributed by atoms with Crippen molar-refractivity contribution in [3.05, 3.63) is 24.2 Å². The quantitative estimate of drug-likeness (QED) is 0.559. The van der Waals surface area contributed by atoms with Crippen molar-refractivity contribution >= 4 is 13.5 Å². The summed E-state index contributed by atoms with van der Waals surface area (Å²) in [6.07, 6.45) is 1.20. The van der Waals surface area contributed by atoms with Crippen LogP contribution in [0.25, 0.3) is 0 Å². The summed E-state index contributed by atoms with van der Waals surface area (Å²) in [6.45, 7) is 0. The molecule has 3 N–H and O–H groups in total. The molecule has 0 unspecified atom stereocenters. The summed E-state index contributed by atoms with van der Waals surface area (Å²) in [4.78, 5) is 36.1. The first-order valence-corrected chi connectivity index (χ1v) is 4.32. The molecule has 0 atom stereocenters. The maximum absolute atomic E-state index is 10.7. The maximum Gasteiger partial charge on any atom is 0.487 e. The van der Waals surface area contributed by atoms with Gasteiger partial charge in [0.15, 0.2) is 0 Å². The van der Waals surface area contributed by atoms with Crippen molar-refractivity contribution in [3.63, 3.8) is 0 Å². The van der Waals surface area contributed by atoms with Crippen LogP contribution in [0.4, 0.5) is 0 Å². The molecule has 1 rings (SSSR count). The number of rotatable bonds is 2. The largest absolute Gasteiger partial charge is 0.487 e. The number of carbonyl (C=O) groups is 1. The highest BCUT2D eigenvalue weighted by atomic mass is 31.2. The molecule has 0 aromatic carbocycles. The lowest BCUT2D eigenvalue weighted by Crippen LogP contribution is -2.03. The van der Waals surface area contributed by atoms with Gasteiger partial charge in [-0.15, -0.1) is 0 Å². The Kier molecular flexibility index (Phi) is 2.06. The number of hydrogen-bond donors (Lipinski definition) is 3. The van der Waals surface area contributed by atoms with Crippen LogP contribution in [0.2, 0.25) is 0 Å². The molecule has 0 amide bonds. The number of hydrogen-bond acceptors (Lipinski definition) is 5. The minimum atomic E-state index is -4.43. The fourth-order valence-electron chi connectivity index (χ4n) is 0.548. The van der Waals surface area contributed by atoms with Gasteiger partial charge in [0.2, 0.25) is 5.76 Å². The van der Waals surface area contributed by atoms with E-state index >= 15 is 0 Å². The molecule has 6 heteroatoms. The van der Waals surface area contributed by atoms with E-state index < -0.39 is 13.5 Å². The Balaban J connectivity index is 2.88. The Morgan fingerprint density at radius 1 is 1.45 bits per heavy atom. The van der Waals surface area contributed by atoms with Gasteiger partial charge in [-0.2, -0.15) is 14.7 Å². The summed E-state index contributed by atoms with van der Waals surface area (Å²) < 4.78 is 4.52. The van der Waals surface area contributed by atoms with Gasteiger partial charge < -0.3 is 4.42 Å². The van der Waals surface area contributed by atoms with Crippen LogP contribution in [0, 0.1) is 0 Å². The van der Waals surface area contributed by atoms with Gasteiger partial charge in [-0.25, -0.2) is 4.79 Å². The topological polar surface area (TPSA) is 90.9 Å². The summed E-state index contributed by atoms with van der Waals surface area (Å²) in [7, 11) is -4.43. The zero-order chi connectivity index (χ0) is 8.48. The highest BCUT2D eigenvalue weighted by Gasteiger charge is 2.45. The molecule has 0 aliphatic heterocycles. The molecule has 0 aliphatic rings. The monoisotopic (exact) mass is 177 g/mol. The normalized spacial score (nSPS) is 11.5. The molecule has 5 nitrogen and oxygen atoms in total. The second-order valence-corrected chi connectivity index (χ2v) is 3.39. The van der Waals surface area contributed by atoms with Gasteiger partial charge >= 0.3 is 13.5 Å². The molecule has 0 spiro atoms. The van der Waals surface area contributed by atoms with Crippen LogP contribution >= 0.6 is 7.94 Å². The SMILES string of the molecule is O=C(c1ccco1)[P+](O)(O)O. The van der Waals surface area contributed by atoms with E-state index in [0.29, 0.717) is 0 Å². The van der Waals surface area contributed by atoms with E-state index in [4.69, 9.17) is 14.7 Å². The summed E-state index contributed by atoms with van der Waals surface area (Å²) >= 11 is 0. The highest BCUT2D eigenvalue weighted by molar-refractivity contribution is 7.76. The third-order valence-corrected chi connectivity index (χ3v) is 1.77. The zero-order valence-corrected chi connectivity index (χ0v) is 6.23. The standard InChI is InChI=1S/C5H6O5P/c6-5(11(7,8)9)4-2-1-3-10-4/h1-3,7-9H/q+1. The predicted octanol–water partition coefficient (Wildman–Crippen LogP) is 0.159. The van der Waals surface area contributed by atoms with Gasteiger partial charge in [-0.1, -0.05) is 0 Å². The van der Waals surface area contributed by atoms with Gasteiger partial charge in [-0.05, 0) is 12.1 Å². The first-order valence-electron chi connectivity index (χ1n) is 2.67. The van der Waals surface area contributed by atoms with E-state index in [0.717, 1.165) is 0 Å². The lowest BCUT2D eigenvalue weighted by Gasteiger charge is -1.96. The van der Waals surface area contributed by atoms with E-state index in [2.05, 4.69) is 4.42 Å². The molecule has 11 heavy (non-hydrogen) atoms. The summed E-state index contributed by atoms with van der Waals surface area (Å²) in [5.41, 5.74) is -1.18. The van der Waals surface area contributed by atoms with E-state index in [1.165, 1.54) is 18.4 Å².